The average molecular weight is 644 g/mol. The number of H-pyrrole nitrogens is 1. The van der Waals surface area contributed by atoms with Gasteiger partial charge < -0.3 is 25.8 Å². The summed E-state index contributed by atoms with van der Waals surface area (Å²) in [5.74, 6) is -3.32. The fourth-order valence-electron chi connectivity index (χ4n) is 7.26. The van der Waals surface area contributed by atoms with E-state index < -0.39 is 52.9 Å². The van der Waals surface area contributed by atoms with Crippen LogP contribution >= 0.6 is 11.6 Å². The number of likely N-dealkylation sites (tertiary alicyclic amines) is 1. The van der Waals surface area contributed by atoms with Crippen LogP contribution in [0.5, 0.6) is 0 Å². The summed E-state index contributed by atoms with van der Waals surface area (Å²) in [6.07, 6.45) is 5.07. The van der Waals surface area contributed by atoms with Crippen molar-refractivity contribution in [3.05, 3.63) is 35.8 Å². The summed E-state index contributed by atoms with van der Waals surface area (Å²) in [6, 6.07) is 3.21. The van der Waals surface area contributed by atoms with Gasteiger partial charge in [0, 0.05) is 29.9 Å². The van der Waals surface area contributed by atoms with Crippen molar-refractivity contribution in [3.8, 4) is 0 Å². The predicted octanol–water partition coefficient (Wildman–Crippen LogP) is 3.68. The van der Waals surface area contributed by atoms with E-state index in [9.17, 15) is 28.4 Å². The zero-order chi connectivity index (χ0) is 32.5. The molecule has 10 nitrogen and oxygen atoms in total. The molecule has 1 aromatic heterocycles. The third kappa shape index (κ3) is 6.73. The largest absolute Gasteiger partial charge is 0.356 e. The number of aromatic amines is 1. The fourth-order valence-corrected chi connectivity index (χ4v) is 7.45. The van der Waals surface area contributed by atoms with Gasteiger partial charge in [0.05, 0.1) is 11.9 Å². The zero-order valence-corrected chi connectivity index (χ0v) is 26.8. The molecule has 3 aliphatic rings. The molecule has 3 heterocycles. The summed E-state index contributed by atoms with van der Waals surface area (Å²) in [6.45, 7) is 6.62. The van der Waals surface area contributed by atoms with Gasteiger partial charge in [-0.3, -0.25) is 24.0 Å². The molecular weight excluding hydrogens is 601 g/mol. The smallest absolute Gasteiger partial charge is 0.268 e. The van der Waals surface area contributed by atoms with Crippen LogP contribution in [0.15, 0.2) is 24.3 Å². The minimum atomic E-state index is -0.969. The number of rotatable bonds is 10. The van der Waals surface area contributed by atoms with Crippen LogP contribution in [-0.2, 0) is 19.2 Å². The van der Waals surface area contributed by atoms with E-state index in [-0.39, 0.29) is 47.0 Å². The van der Waals surface area contributed by atoms with Gasteiger partial charge in [0.15, 0.2) is 5.78 Å². The van der Waals surface area contributed by atoms with E-state index in [1.807, 2.05) is 20.8 Å². The molecule has 12 heteroatoms. The summed E-state index contributed by atoms with van der Waals surface area (Å²) in [7, 11) is 0. The summed E-state index contributed by atoms with van der Waals surface area (Å²) < 4.78 is 14.4. The molecule has 5 atom stereocenters. The number of halogens is 2. The van der Waals surface area contributed by atoms with Gasteiger partial charge in [-0.05, 0) is 61.1 Å². The molecule has 0 bridgehead atoms. The van der Waals surface area contributed by atoms with Gasteiger partial charge in [0.1, 0.15) is 23.6 Å². The quantitative estimate of drug-likeness (QED) is 0.293. The number of alkyl halides is 1. The molecule has 0 radical (unpaired) electrons. The van der Waals surface area contributed by atoms with Gasteiger partial charge in [-0.15, -0.1) is 11.6 Å². The summed E-state index contributed by atoms with van der Waals surface area (Å²) in [5, 5.41) is 8.84. The second-order valence-electron chi connectivity index (χ2n) is 13.5. The Balaban J connectivity index is 1.41. The van der Waals surface area contributed by atoms with Gasteiger partial charge in [-0.25, -0.2) is 4.39 Å². The lowest BCUT2D eigenvalue weighted by Gasteiger charge is -2.37. The molecule has 0 spiro atoms. The maximum absolute atomic E-state index is 14.5. The van der Waals surface area contributed by atoms with E-state index in [0.29, 0.717) is 25.0 Å². The Morgan fingerprint density at radius 1 is 1.11 bits per heavy atom. The number of nitrogens with one attached hydrogen (secondary N) is 4. The van der Waals surface area contributed by atoms with Crippen molar-refractivity contribution in [2.75, 3.05) is 19.0 Å². The molecule has 4 amide bonds. The number of aromatic nitrogens is 1. The van der Waals surface area contributed by atoms with Crippen molar-refractivity contribution in [1.29, 1.82) is 0 Å². The first-order chi connectivity index (χ1) is 21.4. The number of nitrogens with zero attached hydrogens (tertiary/aromatic N) is 1. The molecule has 5 rings (SSSR count). The number of fused-ring (bicyclic) bond motifs is 1. The zero-order valence-electron chi connectivity index (χ0n) is 26.1. The highest BCUT2D eigenvalue weighted by atomic mass is 35.5. The maximum Gasteiger partial charge on any atom is 0.268 e. The molecule has 2 saturated heterocycles. The van der Waals surface area contributed by atoms with E-state index in [4.69, 9.17) is 11.6 Å². The molecule has 45 heavy (non-hydrogen) atoms. The normalized spacial score (nSPS) is 24.7. The van der Waals surface area contributed by atoms with E-state index in [0.717, 1.165) is 32.1 Å². The van der Waals surface area contributed by atoms with E-state index in [2.05, 4.69) is 20.9 Å². The van der Waals surface area contributed by atoms with Crippen molar-refractivity contribution < 1.29 is 28.4 Å². The number of amides is 4. The van der Waals surface area contributed by atoms with Crippen LogP contribution in [0.2, 0.25) is 0 Å². The van der Waals surface area contributed by atoms with E-state index in [1.165, 1.54) is 12.1 Å². The highest BCUT2D eigenvalue weighted by Gasteiger charge is 2.53. The number of hydrogen-bond acceptors (Lipinski definition) is 5. The number of benzene rings is 1. The molecule has 2 aliphatic heterocycles. The average Bonchev–Trinajstić information content (AvgIpc) is 3.71. The second-order valence-corrected chi connectivity index (χ2v) is 13.8. The third-order valence-corrected chi connectivity index (χ3v) is 10.6. The number of ketones is 1. The monoisotopic (exact) mass is 643 g/mol. The Bertz CT molecular complexity index is 1470. The van der Waals surface area contributed by atoms with Crippen molar-refractivity contribution in [1.82, 2.24) is 25.8 Å². The number of carbonyl (C=O) groups is 5. The van der Waals surface area contributed by atoms with Crippen LogP contribution in [0, 0.1) is 29.0 Å². The molecule has 244 valence electrons. The highest BCUT2D eigenvalue weighted by Crippen LogP contribution is 2.42. The molecule has 4 N–H and O–H groups in total. The van der Waals surface area contributed by atoms with Crippen LogP contribution in [0.25, 0.3) is 10.9 Å². The topological polar surface area (TPSA) is 140 Å². The van der Waals surface area contributed by atoms with Crippen molar-refractivity contribution >= 4 is 51.9 Å². The minimum absolute atomic E-state index is 0.0700. The van der Waals surface area contributed by atoms with E-state index >= 15 is 0 Å². The first kappa shape index (κ1) is 32.9. The first-order valence-electron chi connectivity index (χ1n) is 16.0. The van der Waals surface area contributed by atoms with Crippen molar-refractivity contribution in [2.24, 2.45) is 23.2 Å². The van der Waals surface area contributed by atoms with Gasteiger partial charge in [-0.1, -0.05) is 46.1 Å². The van der Waals surface area contributed by atoms with Crippen LogP contribution < -0.4 is 16.0 Å². The number of carbonyl (C=O) groups excluding carboxylic acids is 5. The first-order valence-corrected chi connectivity index (χ1v) is 16.5. The Kier molecular flexibility index (Phi) is 9.86. The molecule has 1 aromatic carbocycles. The lowest BCUT2D eigenvalue weighted by Crippen LogP contribution is -2.59. The van der Waals surface area contributed by atoms with Gasteiger partial charge in [0.25, 0.3) is 5.91 Å². The molecule has 2 unspecified atom stereocenters. The molecule has 1 saturated carbocycles. The fraction of sp³-hybridized carbons (Fsp3) is 0.606. The number of hydrogen-bond donors (Lipinski definition) is 4. The van der Waals surface area contributed by atoms with Crippen LogP contribution in [0.4, 0.5) is 4.39 Å². The second kappa shape index (κ2) is 13.5. The Hall–Kier alpha value is -3.47. The highest BCUT2D eigenvalue weighted by molar-refractivity contribution is 6.28. The minimum Gasteiger partial charge on any atom is -0.356 e. The summed E-state index contributed by atoms with van der Waals surface area (Å²) in [5.41, 5.74) is -0.0373. The maximum atomic E-state index is 14.5. The van der Waals surface area contributed by atoms with Crippen LogP contribution in [-0.4, -0.2) is 76.4 Å². The third-order valence-electron chi connectivity index (χ3n) is 10.3. The molecular formula is C33H43ClFN5O5. The molecule has 2 aromatic rings. The van der Waals surface area contributed by atoms with Crippen molar-refractivity contribution in [2.45, 2.75) is 83.8 Å². The van der Waals surface area contributed by atoms with E-state index in [1.54, 1.807) is 17.0 Å². The Morgan fingerprint density at radius 2 is 1.84 bits per heavy atom. The van der Waals surface area contributed by atoms with Crippen LogP contribution in [0.1, 0.15) is 76.2 Å². The van der Waals surface area contributed by atoms with Gasteiger partial charge in [0.2, 0.25) is 17.7 Å². The van der Waals surface area contributed by atoms with Gasteiger partial charge >= 0.3 is 0 Å². The summed E-state index contributed by atoms with van der Waals surface area (Å²) in [4.78, 5) is 71.7. The Morgan fingerprint density at radius 3 is 2.49 bits per heavy atom. The Labute approximate surface area is 267 Å². The molecule has 1 aliphatic carbocycles. The number of Topliss-reactive ketones (excluding diaryl/α,β-unsaturated/α-hetero) is 1. The van der Waals surface area contributed by atoms with Gasteiger partial charge in [-0.2, -0.15) is 0 Å². The molecule has 3 fully saturated rings. The van der Waals surface area contributed by atoms with Crippen LogP contribution in [0.3, 0.4) is 0 Å². The lowest BCUT2D eigenvalue weighted by atomic mass is 9.77. The lowest BCUT2D eigenvalue weighted by molar-refractivity contribution is -0.144. The predicted molar refractivity (Wildman–Crippen MR) is 168 cm³/mol. The summed E-state index contributed by atoms with van der Waals surface area (Å²) >= 11 is 5.90. The van der Waals surface area contributed by atoms with Crippen molar-refractivity contribution in [3.63, 3.8) is 0 Å². The SMILES string of the molecule is C[C@@H]1CN(C(=O)C(NC(=O)c2cc3c(F)cccc3[nH]2)C2CCCCC2)[C@H](C(=O)NC(C[C@@H]2CCNC2=O)C(=O)CCl)C1(C)C. The standard InChI is InChI=1S/C33H43ClFN5O5/c1-18-17-40(28(33(18,2)3)31(44)38-24(26(41)16-34)14-20-12-13-36-29(20)42)32(45)27(19-8-5-4-6-9-19)39-30(43)25-15-21-22(35)10-7-11-23(21)37-25/h7,10-11,15,18-20,24,27-28,37H,4-6,8-9,12-14,16-17H2,1-3H3,(H,36,42)(H,38,44)(H,39,43)/t18-,20+,24?,27?,28-/m1/s1.